The summed E-state index contributed by atoms with van der Waals surface area (Å²) in [7, 11) is 5.00. The van der Waals surface area contributed by atoms with Gasteiger partial charge in [0.25, 0.3) is 0 Å². The summed E-state index contributed by atoms with van der Waals surface area (Å²) in [5.74, 6) is 2.36. The lowest BCUT2D eigenvalue weighted by molar-refractivity contribution is 0.355. The van der Waals surface area contributed by atoms with Crippen molar-refractivity contribution in [3.8, 4) is 38.1 Å². The average molecular weight is 354 g/mol. The van der Waals surface area contributed by atoms with Crippen LogP contribution in [0.15, 0.2) is 42.5 Å². The van der Waals surface area contributed by atoms with E-state index in [1.807, 2.05) is 24.3 Å². The molecule has 0 N–H and O–H groups in total. The van der Waals surface area contributed by atoms with Crippen LogP contribution in [0.25, 0.3) is 20.9 Å². The first-order valence-corrected chi connectivity index (χ1v) is 8.87. The van der Waals surface area contributed by atoms with E-state index in [0.717, 1.165) is 22.8 Å². The van der Waals surface area contributed by atoms with Gasteiger partial charge >= 0.3 is 0 Å². The smallest absolute Gasteiger partial charge is 0.161 e. The van der Waals surface area contributed by atoms with Gasteiger partial charge in [0.05, 0.1) is 21.3 Å². The standard InChI is InChI=1S/C21H22O3S/c1-13-14(2)21(16-8-11-18(23-4)19(12-16)24-5)25-20(13)15-6-9-17(22-3)10-7-15/h6-12H,1-5H3. The number of thiophene rings is 1. The van der Waals surface area contributed by atoms with E-state index in [1.165, 1.54) is 26.4 Å². The van der Waals surface area contributed by atoms with Crippen LogP contribution >= 0.6 is 11.3 Å². The molecule has 3 rings (SSSR count). The Labute approximate surface area is 152 Å². The number of ether oxygens (including phenoxy) is 3. The van der Waals surface area contributed by atoms with Gasteiger partial charge in [0, 0.05) is 9.75 Å². The normalized spacial score (nSPS) is 10.6. The van der Waals surface area contributed by atoms with Crippen LogP contribution in [-0.4, -0.2) is 21.3 Å². The van der Waals surface area contributed by atoms with Gasteiger partial charge in [-0.1, -0.05) is 0 Å². The second kappa shape index (κ2) is 7.19. The molecule has 0 saturated carbocycles. The van der Waals surface area contributed by atoms with Crippen LogP contribution < -0.4 is 14.2 Å². The molecule has 3 aromatic rings. The minimum atomic E-state index is 0.743. The third-order valence-electron chi connectivity index (χ3n) is 4.45. The van der Waals surface area contributed by atoms with E-state index >= 15 is 0 Å². The molecule has 0 radical (unpaired) electrons. The topological polar surface area (TPSA) is 27.7 Å². The highest BCUT2D eigenvalue weighted by Crippen LogP contribution is 2.43. The summed E-state index contributed by atoms with van der Waals surface area (Å²) in [6, 6.07) is 14.3. The maximum Gasteiger partial charge on any atom is 0.161 e. The number of rotatable bonds is 5. The van der Waals surface area contributed by atoms with Crippen molar-refractivity contribution in [3.63, 3.8) is 0 Å². The number of hydrogen-bond acceptors (Lipinski definition) is 4. The van der Waals surface area contributed by atoms with Gasteiger partial charge in [0.15, 0.2) is 11.5 Å². The minimum absolute atomic E-state index is 0.743. The summed E-state index contributed by atoms with van der Waals surface area (Å²) in [5, 5.41) is 0. The Morgan fingerprint density at radius 1 is 0.640 bits per heavy atom. The van der Waals surface area contributed by atoms with Crippen LogP contribution in [0, 0.1) is 13.8 Å². The highest BCUT2D eigenvalue weighted by atomic mass is 32.1. The Balaban J connectivity index is 2.06. The summed E-state index contributed by atoms with van der Waals surface area (Å²) >= 11 is 1.80. The maximum atomic E-state index is 5.45. The van der Waals surface area contributed by atoms with Crippen molar-refractivity contribution in [1.29, 1.82) is 0 Å². The highest BCUT2D eigenvalue weighted by Gasteiger charge is 2.16. The molecule has 3 nitrogen and oxygen atoms in total. The SMILES string of the molecule is COc1ccc(-c2sc(-c3ccc(OC)c(OC)c3)c(C)c2C)cc1. The van der Waals surface area contributed by atoms with E-state index in [-0.39, 0.29) is 0 Å². The molecule has 2 aromatic carbocycles. The van der Waals surface area contributed by atoms with E-state index in [9.17, 15) is 0 Å². The number of benzene rings is 2. The predicted octanol–water partition coefficient (Wildman–Crippen LogP) is 5.72. The van der Waals surface area contributed by atoms with E-state index in [0.29, 0.717) is 0 Å². The van der Waals surface area contributed by atoms with Crippen LogP contribution in [0.2, 0.25) is 0 Å². The Morgan fingerprint density at radius 2 is 1.20 bits per heavy atom. The van der Waals surface area contributed by atoms with Crippen LogP contribution in [0.4, 0.5) is 0 Å². The molecule has 0 spiro atoms. The fourth-order valence-electron chi connectivity index (χ4n) is 2.87. The second-order valence-electron chi connectivity index (χ2n) is 5.81. The van der Waals surface area contributed by atoms with Gasteiger partial charge in [0.2, 0.25) is 0 Å². The fraction of sp³-hybridized carbons (Fsp3) is 0.238. The Morgan fingerprint density at radius 3 is 1.76 bits per heavy atom. The zero-order valence-corrected chi connectivity index (χ0v) is 16.0. The van der Waals surface area contributed by atoms with E-state index < -0.39 is 0 Å². The van der Waals surface area contributed by atoms with Crippen molar-refractivity contribution in [3.05, 3.63) is 53.6 Å². The molecule has 0 aliphatic rings. The highest BCUT2D eigenvalue weighted by molar-refractivity contribution is 7.19. The quantitative estimate of drug-likeness (QED) is 0.586. The predicted molar refractivity (Wildman–Crippen MR) is 104 cm³/mol. The van der Waals surface area contributed by atoms with Crippen molar-refractivity contribution >= 4 is 11.3 Å². The molecule has 0 atom stereocenters. The molecule has 4 heteroatoms. The van der Waals surface area contributed by atoms with Gasteiger partial charge in [-0.3, -0.25) is 0 Å². The molecule has 0 fully saturated rings. The van der Waals surface area contributed by atoms with Gasteiger partial charge in [-0.15, -0.1) is 11.3 Å². The van der Waals surface area contributed by atoms with E-state index in [1.54, 1.807) is 32.7 Å². The van der Waals surface area contributed by atoms with Gasteiger partial charge in [-0.05, 0) is 78.6 Å². The second-order valence-corrected chi connectivity index (χ2v) is 6.83. The van der Waals surface area contributed by atoms with Gasteiger partial charge in [-0.25, -0.2) is 0 Å². The fourth-order valence-corrected chi connectivity index (χ4v) is 4.18. The van der Waals surface area contributed by atoms with E-state index in [2.05, 4.69) is 32.0 Å². The summed E-state index contributed by atoms with van der Waals surface area (Å²) in [6.45, 7) is 4.35. The zero-order chi connectivity index (χ0) is 18.0. The Hall–Kier alpha value is -2.46. The zero-order valence-electron chi connectivity index (χ0n) is 15.2. The van der Waals surface area contributed by atoms with Crippen LogP contribution in [0.5, 0.6) is 17.2 Å². The molecule has 130 valence electrons. The van der Waals surface area contributed by atoms with Gasteiger partial charge < -0.3 is 14.2 Å². The largest absolute Gasteiger partial charge is 0.497 e. The molecular formula is C21H22O3S. The molecule has 0 saturated heterocycles. The number of hydrogen-bond donors (Lipinski definition) is 0. The number of methoxy groups -OCH3 is 3. The Kier molecular flexibility index (Phi) is 5.00. The molecule has 1 heterocycles. The third-order valence-corrected chi connectivity index (χ3v) is 5.94. The molecule has 0 aliphatic carbocycles. The first kappa shape index (κ1) is 17.4. The molecule has 25 heavy (non-hydrogen) atoms. The summed E-state index contributed by atoms with van der Waals surface area (Å²) < 4.78 is 16.1. The van der Waals surface area contributed by atoms with Crippen LogP contribution in [-0.2, 0) is 0 Å². The van der Waals surface area contributed by atoms with Crippen molar-refractivity contribution in [2.24, 2.45) is 0 Å². The molecule has 0 bridgehead atoms. The van der Waals surface area contributed by atoms with Crippen molar-refractivity contribution in [2.75, 3.05) is 21.3 Å². The summed E-state index contributed by atoms with van der Waals surface area (Å²) in [4.78, 5) is 2.54. The van der Waals surface area contributed by atoms with Gasteiger partial charge in [-0.2, -0.15) is 0 Å². The molecule has 0 aliphatic heterocycles. The van der Waals surface area contributed by atoms with Crippen LogP contribution in [0.3, 0.4) is 0 Å². The minimum Gasteiger partial charge on any atom is -0.497 e. The summed E-state index contributed by atoms with van der Waals surface area (Å²) in [6.07, 6.45) is 0. The third kappa shape index (κ3) is 3.22. The summed E-state index contributed by atoms with van der Waals surface area (Å²) in [5.41, 5.74) is 4.95. The molecular weight excluding hydrogens is 332 g/mol. The lowest BCUT2D eigenvalue weighted by Gasteiger charge is -2.09. The Bertz CT molecular complexity index is 879. The van der Waals surface area contributed by atoms with Crippen LogP contribution in [0.1, 0.15) is 11.1 Å². The van der Waals surface area contributed by atoms with Crippen molar-refractivity contribution in [2.45, 2.75) is 13.8 Å². The van der Waals surface area contributed by atoms with Gasteiger partial charge in [0.1, 0.15) is 5.75 Å². The van der Waals surface area contributed by atoms with E-state index in [4.69, 9.17) is 14.2 Å². The van der Waals surface area contributed by atoms with Crippen molar-refractivity contribution < 1.29 is 14.2 Å². The average Bonchev–Trinajstić information content (AvgIpc) is 2.96. The lowest BCUT2D eigenvalue weighted by atomic mass is 10.0. The molecule has 1 aromatic heterocycles. The first-order chi connectivity index (χ1) is 12.1. The monoisotopic (exact) mass is 354 g/mol. The maximum absolute atomic E-state index is 5.45. The molecule has 0 unspecified atom stereocenters. The van der Waals surface area contributed by atoms with Crippen molar-refractivity contribution in [1.82, 2.24) is 0 Å². The first-order valence-electron chi connectivity index (χ1n) is 8.05. The molecule has 0 amide bonds. The lowest BCUT2D eigenvalue weighted by Crippen LogP contribution is -1.90.